The van der Waals surface area contributed by atoms with Crippen molar-refractivity contribution >= 4 is 23.3 Å². The number of rotatable bonds is 4. The van der Waals surface area contributed by atoms with Crippen molar-refractivity contribution in [2.75, 3.05) is 11.9 Å². The molecule has 1 amide bonds. The molecule has 4 nitrogen and oxygen atoms in total. The van der Waals surface area contributed by atoms with Crippen molar-refractivity contribution in [2.24, 2.45) is 0 Å². The Hall–Kier alpha value is -1.29. The lowest BCUT2D eigenvalue weighted by atomic mass is 9.97. The molecule has 1 fully saturated rings. The molecule has 1 aromatic heterocycles. The Bertz CT molecular complexity index is 496. The summed E-state index contributed by atoms with van der Waals surface area (Å²) in [6.45, 7) is 7.12. The van der Waals surface area contributed by atoms with E-state index < -0.39 is 0 Å². The van der Waals surface area contributed by atoms with Gasteiger partial charge >= 0.3 is 0 Å². The Morgan fingerprint density at radius 2 is 2.05 bits per heavy atom. The van der Waals surface area contributed by atoms with Crippen LogP contribution >= 0.6 is 11.6 Å². The van der Waals surface area contributed by atoms with Crippen LogP contribution in [-0.2, 0) is 0 Å². The van der Waals surface area contributed by atoms with Crippen LogP contribution < -0.4 is 5.32 Å². The van der Waals surface area contributed by atoms with Gasteiger partial charge in [-0.05, 0) is 51.7 Å². The minimum Gasteiger partial charge on any atom is -0.370 e. The lowest BCUT2D eigenvalue weighted by Crippen LogP contribution is -2.47. The van der Waals surface area contributed by atoms with E-state index in [1.807, 2.05) is 11.0 Å². The first-order valence-electron chi connectivity index (χ1n) is 7.77. The Kier molecular flexibility index (Phi) is 5.45. The summed E-state index contributed by atoms with van der Waals surface area (Å²) in [5, 5.41) is 3.62. The molecular formula is C16H24ClN3O. The number of aromatic nitrogens is 1. The maximum Gasteiger partial charge on any atom is 0.274 e. The summed E-state index contributed by atoms with van der Waals surface area (Å²) < 4.78 is 0. The van der Waals surface area contributed by atoms with Gasteiger partial charge in [0.15, 0.2) is 0 Å². The predicted molar refractivity (Wildman–Crippen MR) is 87.0 cm³/mol. The number of likely N-dealkylation sites (tertiary alicyclic amines) is 1. The second kappa shape index (κ2) is 7.12. The summed E-state index contributed by atoms with van der Waals surface area (Å²) in [6.07, 6.45) is 4.27. The molecule has 2 atom stereocenters. The standard InChI is InChI=1S/C16H24ClN3O/c1-4-10-18-14-9-8-13(17)15(19-14)16(21)20-11(2)6-5-7-12(20)3/h8-9,11-12H,4-7,10H2,1-3H3,(H,18,19). The minimum atomic E-state index is -0.0557. The molecule has 0 radical (unpaired) electrons. The number of piperidine rings is 1. The van der Waals surface area contributed by atoms with Gasteiger partial charge in [-0.3, -0.25) is 4.79 Å². The van der Waals surface area contributed by atoms with Crippen LogP contribution in [-0.4, -0.2) is 34.4 Å². The molecule has 1 saturated heterocycles. The third kappa shape index (κ3) is 3.67. The molecular weight excluding hydrogens is 286 g/mol. The number of amides is 1. The molecule has 1 aliphatic rings. The molecule has 0 aliphatic carbocycles. The zero-order valence-electron chi connectivity index (χ0n) is 13.0. The Morgan fingerprint density at radius 1 is 1.38 bits per heavy atom. The first-order chi connectivity index (χ1) is 10.0. The first kappa shape index (κ1) is 16.1. The van der Waals surface area contributed by atoms with E-state index in [2.05, 4.69) is 31.1 Å². The molecule has 1 N–H and O–H groups in total. The fraction of sp³-hybridized carbons (Fsp3) is 0.625. The second-order valence-electron chi connectivity index (χ2n) is 5.80. The van der Waals surface area contributed by atoms with Crippen LogP contribution in [0.25, 0.3) is 0 Å². The van der Waals surface area contributed by atoms with Crippen molar-refractivity contribution < 1.29 is 4.79 Å². The van der Waals surface area contributed by atoms with Gasteiger partial charge in [-0.2, -0.15) is 0 Å². The largest absolute Gasteiger partial charge is 0.370 e. The van der Waals surface area contributed by atoms with E-state index in [-0.39, 0.29) is 18.0 Å². The number of nitrogens with one attached hydrogen (secondary N) is 1. The predicted octanol–water partition coefficient (Wildman–Crippen LogP) is 3.96. The van der Waals surface area contributed by atoms with Crippen LogP contribution in [0, 0.1) is 0 Å². The average molecular weight is 310 g/mol. The van der Waals surface area contributed by atoms with E-state index in [9.17, 15) is 4.79 Å². The fourth-order valence-corrected chi connectivity index (χ4v) is 3.07. The third-order valence-electron chi connectivity index (χ3n) is 4.03. The smallest absolute Gasteiger partial charge is 0.274 e. The SMILES string of the molecule is CCCNc1ccc(Cl)c(C(=O)N2C(C)CCCC2C)n1. The quantitative estimate of drug-likeness (QED) is 0.915. The van der Waals surface area contributed by atoms with Gasteiger partial charge in [-0.15, -0.1) is 0 Å². The zero-order chi connectivity index (χ0) is 15.4. The fourth-order valence-electron chi connectivity index (χ4n) is 2.89. The number of pyridine rings is 1. The van der Waals surface area contributed by atoms with E-state index in [4.69, 9.17) is 11.6 Å². The van der Waals surface area contributed by atoms with Gasteiger partial charge in [0, 0.05) is 18.6 Å². The monoisotopic (exact) mass is 309 g/mol. The van der Waals surface area contributed by atoms with Crippen LogP contribution in [0.2, 0.25) is 5.02 Å². The normalized spacial score (nSPS) is 22.2. The second-order valence-corrected chi connectivity index (χ2v) is 6.20. The first-order valence-corrected chi connectivity index (χ1v) is 8.15. The van der Waals surface area contributed by atoms with E-state index in [0.29, 0.717) is 16.5 Å². The Labute approximate surface area is 131 Å². The van der Waals surface area contributed by atoms with Crippen LogP contribution in [0.4, 0.5) is 5.82 Å². The molecule has 0 bridgehead atoms. The third-order valence-corrected chi connectivity index (χ3v) is 4.34. The zero-order valence-corrected chi connectivity index (χ0v) is 13.8. The summed E-state index contributed by atoms with van der Waals surface area (Å²) in [7, 11) is 0. The molecule has 0 aromatic carbocycles. The maximum atomic E-state index is 12.8. The van der Waals surface area contributed by atoms with Gasteiger partial charge in [0.1, 0.15) is 11.5 Å². The van der Waals surface area contributed by atoms with E-state index in [0.717, 1.165) is 25.8 Å². The van der Waals surface area contributed by atoms with Gasteiger partial charge in [-0.25, -0.2) is 4.98 Å². The highest BCUT2D eigenvalue weighted by Crippen LogP contribution is 2.27. The highest BCUT2D eigenvalue weighted by Gasteiger charge is 2.31. The molecule has 2 heterocycles. The van der Waals surface area contributed by atoms with E-state index in [1.165, 1.54) is 6.42 Å². The van der Waals surface area contributed by atoms with Gasteiger partial charge in [-0.1, -0.05) is 18.5 Å². The molecule has 1 aromatic rings. The van der Waals surface area contributed by atoms with Gasteiger partial charge in [0.2, 0.25) is 0 Å². The summed E-state index contributed by atoms with van der Waals surface area (Å²) in [6, 6.07) is 4.05. The Morgan fingerprint density at radius 3 is 2.67 bits per heavy atom. The minimum absolute atomic E-state index is 0.0557. The Balaban J connectivity index is 2.24. The maximum absolute atomic E-state index is 12.8. The summed E-state index contributed by atoms with van der Waals surface area (Å²) in [5.41, 5.74) is 0.360. The number of carbonyl (C=O) groups excluding carboxylic acids is 1. The number of hydrogen-bond acceptors (Lipinski definition) is 3. The van der Waals surface area contributed by atoms with E-state index >= 15 is 0 Å². The summed E-state index contributed by atoms with van der Waals surface area (Å²) in [5.74, 6) is 0.654. The van der Waals surface area contributed by atoms with E-state index in [1.54, 1.807) is 6.07 Å². The molecule has 0 saturated carbocycles. The van der Waals surface area contributed by atoms with Gasteiger partial charge in [0.05, 0.1) is 5.02 Å². The summed E-state index contributed by atoms with van der Waals surface area (Å²) in [4.78, 5) is 19.2. The average Bonchev–Trinajstić information content (AvgIpc) is 2.46. The van der Waals surface area contributed by atoms with Crippen LogP contribution in [0.5, 0.6) is 0 Å². The lowest BCUT2D eigenvalue weighted by Gasteiger charge is -2.39. The molecule has 1 aliphatic heterocycles. The molecule has 116 valence electrons. The van der Waals surface area contributed by atoms with Gasteiger partial charge < -0.3 is 10.2 Å². The summed E-state index contributed by atoms with van der Waals surface area (Å²) >= 11 is 6.20. The molecule has 5 heteroatoms. The van der Waals surface area contributed by atoms with Crippen molar-refractivity contribution in [3.05, 3.63) is 22.8 Å². The molecule has 2 unspecified atom stereocenters. The van der Waals surface area contributed by atoms with Gasteiger partial charge in [0.25, 0.3) is 5.91 Å². The molecule has 0 spiro atoms. The highest BCUT2D eigenvalue weighted by molar-refractivity contribution is 6.33. The number of carbonyl (C=O) groups is 1. The number of nitrogens with zero attached hydrogens (tertiary/aromatic N) is 2. The van der Waals surface area contributed by atoms with Crippen molar-refractivity contribution in [1.82, 2.24) is 9.88 Å². The van der Waals surface area contributed by atoms with Crippen molar-refractivity contribution in [3.8, 4) is 0 Å². The van der Waals surface area contributed by atoms with Crippen molar-refractivity contribution in [2.45, 2.75) is 58.5 Å². The number of anilines is 1. The van der Waals surface area contributed by atoms with Crippen molar-refractivity contribution in [1.29, 1.82) is 0 Å². The number of halogens is 1. The molecule has 21 heavy (non-hydrogen) atoms. The van der Waals surface area contributed by atoms with Crippen LogP contribution in [0.1, 0.15) is 56.9 Å². The topological polar surface area (TPSA) is 45.2 Å². The van der Waals surface area contributed by atoms with Crippen LogP contribution in [0.15, 0.2) is 12.1 Å². The van der Waals surface area contributed by atoms with Crippen molar-refractivity contribution in [3.63, 3.8) is 0 Å². The molecule has 2 rings (SSSR count). The lowest BCUT2D eigenvalue weighted by molar-refractivity contribution is 0.0505. The van der Waals surface area contributed by atoms with Crippen LogP contribution in [0.3, 0.4) is 0 Å². The highest BCUT2D eigenvalue weighted by atomic mass is 35.5. The number of hydrogen-bond donors (Lipinski definition) is 1.